The first-order chi connectivity index (χ1) is 17.7. The lowest BCUT2D eigenvalue weighted by Gasteiger charge is -2.14. The van der Waals surface area contributed by atoms with Crippen LogP contribution in [0.15, 0.2) is 107 Å². The Hall–Kier alpha value is -5.10. The normalized spacial score (nSPS) is 12.1. The average molecular weight is 467 g/mol. The van der Waals surface area contributed by atoms with Gasteiger partial charge in [-0.3, -0.25) is 18.4 Å². The Morgan fingerprint density at radius 1 is 0.444 bits per heavy atom. The van der Waals surface area contributed by atoms with Crippen LogP contribution in [0.3, 0.4) is 0 Å². The lowest BCUT2D eigenvalue weighted by Crippen LogP contribution is -2.16. The van der Waals surface area contributed by atoms with Crippen LogP contribution in [0.5, 0.6) is 0 Å². The summed E-state index contributed by atoms with van der Waals surface area (Å²) in [6, 6.07) is 31.0. The fraction of sp³-hybridized carbons (Fsp3) is 0. The van der Waals surface area contributed by atoms with Gasteiger partial charge in [0.1, 0.15) is 11.3 Å². The van der Waals surface area contributed by atoms with Crippen LogP contribution in [0.2, 0.25) is 0 Å². The molecule has 0 fully saturated rings. The van der Waals surface area contributed by atoms with Gasteiger partial charge in [-0.1, -0.05) is 60.7 Å². The third-order valence-corrected chi connectivity index (χ3v) is 7.23. The molecule has 0 radical (unpaired) electrons. The van der Waals surface area contributed by atoms with E-state index in [1.54, 1.807) is 8.80 Å². The van der Waals surface area contributed by atoms with E-state index in [2.05, 4.69) is 9.97 Å². The Labute approximate surface area is 202 Å². The molecule has 170 valence electrons. The lowest BCUT2D eigenvalue weighted by atomic mass is 9.96. The van der Waals surface area contributed by atoms with Crippen molar-refractivity contribution >= 4 is 54.9 Å². The summed E-state index contributed by atoms with van der Waals surface area (Å²) in [5.41, 5.74) is 6.37. The van der Waals surface area contributed by atoms with Crippen molar-refractivity contribution in [2.24, 2.45) is 0 Å². The Kier molecular flexibility index (Phi) is 3.60. The third kappa shape index (κ3) is 2.30. The van der Waals surface area contributed by atoms with Gasteiger partial charge in [-0.25, -0.2) is 0 Å². The van der Waals surface area contributed by atoms with Crippen LogP contribution < -0.4 is 11.1 Å². The molecule has 0 amide bonds. The third-order valence-electron chi connectivity index (χ3n) is 7.23. The first-order valence-electron chi connectivity index (χ1n) is 11.8. The van der Waals surface area contributed by atoms with Crippen LogP contribution in [0.25, 0.3) is 66.0 Å². The summed E-state index contributed by atoms with van der Waals surface area (Å²) in [4.78, 5) is 34.5. The lowest BCUT2D eigenvalue weighted by molar-refractivity contribution is 1.17. The molecule has 0 aliphatic heterocycles. The highest BCUT2D eigenvalue weighted by Crippen LogP contribution is 2.39. The van der Waals surface area contributed by atoms with Crippen LogP contribution in [0.4, 0.5) is 0 Å². The van der Waals surface area contributed by atoms with Gasteiger partial charge in [0.2, 0.25) is 0 Å². The number of nitrogens with one attached hydrogen (secondary N) is 2. The Morgan fingerprint density at radius 2 is 0.806 bits per heavy atom. The average Bonchev–Trinajstić information content (AvgIpc) is 3.50. The molecule has 0 saturated heterocycles. The zero-order valence-corrected chi connectivity index (χ0v) is 18.9. The Balaban J connectivity index is 1.74. The van der Waals surface area contributed by atoms with Gasteiger partial charge in [-0.2, -0.15) is 0 Å². The quantitative estimate of drug-likeness (QED) is 0.319. The maximum absolute atomic E-state index is 13.7. The number of para-hydroxylation sites is 4. The number of benzene rings is 4. The predicted octanol–water partition coefficient (Wildman–Crippen LogP) is 5.85. The van der Waals surface area contributed by atoms with E-state index < -0.39 is 0 Å². The number of imidazole rings is 2. The predicted molar refractivity (Wildman–Crippen MR) is 145 cm³/mol. The molecule has 4 aromatic heterocycles. The smallest absolute Gasteiger partial charge is 0.264 e. The molecule has 8 aromatic rings. The van der Waals surface area contributed by atoms with E-state index in [4.69, 9.17) is 0 Å². The second-order valence-corrected chi connectivity index (χ2v) is 9.10. The molecule has 0 spiro atoms. The fourth-order valence-electron chi connectivity index (χ4n) is 5.70. The molecule has 0 bridgehead atoms. The van der Waals surface area contributed by atoms with Gasteiger partial charge in [-0.15, -0.1) is 0 Å². The number of hydrogen-bond donors (Lipinski definition) is 2. The summed E-state index contributed by atoms with van der Waals surface area (Å²) >= 11 is 0. The van der Waals surface area contributed by atoms with Gasteiger partial charge in [-0.05, 0) is 47.2 Å². The van der Waals surface area contributed by atoms with Crippen molar-refractivity contribution in [2.45, 2.75) is 0 Å². The van der Waals surface area contributed by atoms with Crippen molar-refractivity contribution in [2.75, 3.05) is 0 Å². The first kappa shape index (κ1) is 19.2. The van der Waals surface area contributed by atoms with Crippen molar-refractivity contribution in [3.05, 3.63) is 118 Å². The second kappa shape index (κ2) is 6.73. The number of pyridine rings is 2. The minimum absolute atomic E-state index is 0.0768. The molecule has 0 unspecified atom stereocenters. The van der Waals surface area contributed by atoms with E-state index in [-0.39, 0.29) is 11.1 Å². The number of aromatic nitrogens is 4. The highest BCUT2D eigenvalue weighted by atomic mass is 16.1. The molecule has 4 aromatic carbocycles. The van der Waals surface area contributed by atoms with Crippen LogP contribution in [0.1, 0.15) is 0 Å². The zero-order valence-electron chi connectivity index (χ0n) is 18.9. The summed E-state index contributed by atoms with van der Waals surface area (Å²) in [7, 11) is 0. The van der Waals surface area contributed by atoms with Crippen molar-refractivity contribution < 1.29 is 0 Å². The van der Waals surface area contributed by atoms with Gasteiger partial charge in [0.25, 0.3) is 11.1 Å². The summed E-state index contributed by atoms with van der Waals surface area (Å²) in [6.07, 6.45) is 0. The van der Waals surface area contributed by atoms with E-state index in [0.29, 0.717) is 22.1 Å². The number of aromatic amines is 2. The van der Waals surface area contributed by atoms with Crippen molar-refractivity contribution in [1.29, 1.82) is 0 Å². The van der Waals surface area contributed by atoms with E-state index in [1.807, 2.05) is 97.1 Å². The van der Waals surface area contributed by atoms with E-state index in [1.165, 1.54) is 0 Å². The van der Waals surface area contributed by atoms with Crippen LogP contribution >= 0.6 is 0 Å². The molecule has 6 heteroatoms. The van der Waals surface area contributed by atoms with E-state index in [9.17, 15) is 9.59 Å². The summed E-state index contributed by atoms with van der Waals surface area (Å²) in [6.45, 7) is 0. The summed E-state index contributed by atoms with van der Waals surface area (Å²) < 4.78 is 3.51. The monoisotopic (exact) mass is 466 g/mol. The highest BCUT2D eigenvalue weighted by Gasteiger charge is 2.23. The molecule has 8 rings (SSSR count). The molecule has 2 N–H and O–H groups in total. The maximum atomic E-state index is 13.7. The summed E-state index contributed by atoms with van der Waals surface area (Å²) in [5, 5.41) is 2.91. The van der Waals surface area contributed by atoms with E-state index in [0.717, 1.165) is 44.0 Å². The molecule has 0 aliphatic carbocycles. The van der Waals surface area contributed by atoms with Crippen molar-refractivity contribution in [3.63, 3.8) is 0 Å². The van der Waals surface area contributed by atoms with Gasteiger partial charge in [0, 0.05) is 21.9 Å². The van der Waals surface area contributed by atoms with E-state index >= 15 is 0 Å². The molecule has 0 saturated carbocycles. The standard InChI is InChI=1S/C30H18N4O2/c35-29-19-11-3-1-9-17(19)25(27-31-21-13-5-7-15-23(21)33(27)29)26-18-10-2-4-12-20(18)30(36)34-24-16-8-6-14-22(24)32-28(26)34/h1-16,31-32H. The van der Waals surface area contributed by atoms with Gasteiger partial charge < -0.3 is 9.97 Å². The number of fused-ring (bicyclic) bond motifs is 8. The SMILES string of the molecule is O=c1c2ccccc2c(-c2c3ccccc3c(=O)n3c2[nH]c2ccccc23)c2[nH]c3ccccc3n12. The minimum atomic E-state index is -0.0768. The summed E-state index contributed by atoms with van der Waals surface area (Å²) in [5.74, 6) is 0. The highest BCUT2D eigenvalue weighted by molar-refractivity contribution is 6.15. The second-order valence-electron chi connectivity index (χ2n) is 9.10. The van der Waals surface area contributed by atoms with Crippen LogP contribution in [-0.2, 0) is 0 Å². The van der Waals surface area contributed by atoms with Gasteiger partial charge in [0.15, 0.2) is 0 Å². The zero-order chi connectivity index (χ0) is 24.0. The Morgan fingerprint density at radius 3 is 1.25 bits per heavy atom. The molecule has 36 heavy (non-hydrogen) atoms. The topological polar surface area (TPSA) is 74.5 Å². The fourth-order valence-corrected chi connectivity index (χ4v) is 5.70. The molecular weight excluding hydrogens is 448 g/mol. The number of H-pyrrole nitrogens is 2. The minimum Gasteiger partial charge on any atom is -0.339 e. The van der Waals surface area contributed by atoms with Gasteiger partial charge >= 0.3 is 0 Å². The number of nitrogens with zero attached hydrogens (tertiary/aromatic N) is 2. The molecular formula is C30H18N4O2. The number of rotatable bonds is 1. The molecule has 4 heterocycles. The molecule has 6 nitrogen and oxygen atoms in total. The first-order valence-corrected chi connectivity index (χ1v) is 11.8. The largest absolute Gasteiger partial charge is 0.339 e. The molecule has 0 aliphatic rings. The van der Waals surface area contributed by atoms with Crippen molar-refractivity contribution in [3.8, 4) is 11.1 Å². The Bertz CT molecular complexity index is 2150. The molecule has 0 atom stereocenters. The van der Waals surface area contributed by atoms with Gasteiger partial charge in [0.05, 0.1) is 22.1 Å². The van der Waals surface area contributed by atoms with Crippen LogP contribution in [0, 0.1) is 0 Å². The van der Waals surface area contributed by atoms with Crippen LogP contribution in [-0.4, -0.2) is 18.8 Å². The maximum Gasteiger partial charge on any atom is 0.264 e. The van der Waals surface area contributed by atoms with Crippen molar-refractivity contribution in [1.82, 2.24) is 18.8 Å². The number of hydrogen-bond acceptors (Lipinski definition) is 2.